The highest BCUT2D eigenvalue weighted by atomic mass is 16.1. The molecule has 0 radical (unpaired) electrons. The summed E-state index contributed by atoms with van der Waals surface area (Å²) in [6.45, 7) is 3.81. The van der Waals surface area contributed by atoms with Gasteiger partial charge in [-0.15, -0.1) is 0 Å². The molecule has 0 aliphatic heterocycles. The van der Waals surface area contributed by atoms with Crippen molar-refractivity contribution in [2.24, 2.45) is 5.73 Å². The molecule has 4 nitrogen and oxygen atoms in total. The summed E-state index contributed by atoms with van der Waals surface area (Å²) >= 11 is 0. The summed E-state index contributed by atoms with van der Waals surface area (Å²) in [6, 6.07) is 0. The van der Waals surface area contributed by atoms with E-state index in [1.54, 1.807) is 6.92 Å². The van der Waals surface area contributed by atoms with E-state index in [2.05, 4.69) is 4.98 Å². The van der Waals surface area contributed by atoms with E-state index in [0.29, 0.717) is 11.3 Å². The van der Waals surface area contributed by atoms with E-state index in [1.807, 2.05) is 6.92 Å². The normalized spacial score (nSPS) is 10.2. The topological polar surface area (TPSA) is 84.9 Å². The fourth-order valence-electron chi connectivity index (χ4n) is 1.17. The maximum atomic E-state index is 11.4. The van der Waals surface area contributed by atoms with Gasteiger partial charge in [-0.25, -0.2) is 0 Å². The molecule has 0 unspecified atom stereocenters. The summed E-state index contributed by atoms with van der Waals surface area (Å²) in [5.41, 5.74) is 13.1. The molecule has 0 saturated heterocycles. The largest absolute Gasteiger partial charge is 0.394 e. The number of aromatic amines is 1. The standard InChI is InChI=1S/C8H13N3O/c1-4-6(3-9)8(12)7(10)5(2)11-4/h3,9-10H2,1-2H3,(H,11,12). The first-order valence-electron chi connectivity index (χ1n) is 3.75. The molecule has 0 saturated carbocycles. The summed E-state index contributed by atoms with van der Waals surface area (Å²) in [5.74, 6) is 0. The molecule has 1 heterocycles. The van der Waals surface area contributed by atoms with Gasteiger partial charge < -0.3 is 16.5 Å². The average molecular weight is 167 g/mol. The van der Waals surface area contributed by atoms with E-state index < -0.39 is 0 Å². The molecule has 0 spiro atoms. The van der Waals surface area contributed by atoms with Gasteiger partial charge in [-0.2, -0.15) is 0 Å². The van der Waals surface area contributed by atoms with Gasteiger partial charge in [0.2, 0.25) is 5.43 Å². The molecule has 1 rings (SSSR count). The zero-order valence-electron chi connectivity index (χ0n) is 7.27. The van der Waals surface area contributed by atoms with Gasteiger partial charge in [0.05, 0.1) is 5.69 Å². The third-order valence-corrected chi connectivity index (χ3v) is 1.95. The van der Waals surface area contributed by atoms with Crippen LogP contribution in [0, 0.1) is 13.8 Å². The van der Waals surface area contributed by atoms with E-state index in [9.17, 15) is 4.79 Å². The molecule has 5 N–H and O–H groups in total. The molecule has 1 aromatic rings. The molecule has 4 heteroatoms. The van der Waals surface area contributed by atoms with E-state index in [4.69, 9.17) is 11.5 Å². The Labute approximate surface area is 70.6 Å². The molecule has 1 aromatic heterocycles. The van der Waals surface area contributed by atoms with E-state index in [-0.39, 0.29) is 17.7 Å². The van der Waals surface area contributed by atoms with Gasteiger partial charge in [-0.1, -0.05) is 0 Å². The predicted molar refractivity (Wildman–Crippen MR) is 48.8 cm³/mol. The number of pyridine rings is 1. The number of anilines is 1. The van der Waals surface area contributed by atoms with Crippen molar-refractivity contribution in [1.29, 1.82) is 0 Å². The van der Waals surface area contributed by atoms with Crippen molar-refractivity contribution in [1.82, 2.24) is 4.98 Å². The number of hydrogen-bond acceptors (Lipinski definition) is 3. The second kappa shape index (κ2) is 2.98. The number of nitrogens with two attached hydrogens (primary N) is 2. The Balaban J connectivity index is 3.52. The van der Waals surface area contributed by atoms with Crippen molar-refractivity contribution in [2.75, 3.05) is 5.73 Å². The Morgan fingerprint density at radius 2 is 1.92 bits per heavy atom. The third kappa shape index (κ3) is 1.21. The van der Waals surface area contributed by atoms with Crippen LogP contribution in [0.4, 0.5) is 5.69 Å². The SMILES string of the molecule is Cc1[nH]c(C)c(CN)c(=O)c1N. The van der Waals surface area contributed by atoms with Crippen LogP contribution in [0.25, 0.3) is 0 Å². The minimum atomic E-state index is -0.147. The zero-order valence-corrected chi connectivity index (χ0v) is 7.27. The molecular formula is C8H13N3O. The monoisotopic (exact) mass is 167 g/mol. The van der Waals surface area contributed by atoms with E-state index >= 15 is 0 Å². The predicted octanol–water partition coefficient (Wildman–Crippen LogP) is 0.0326. The smallest absolute Gasteiger partial charge is 0.209 e. The van der Waals surface area contributed by atoms with Crippen LogP contribution >= 0.6 is 0 Å². The van der Waals surface area contributed by atoms with Gasteiger partial charge in [0.25, 0.3) is 0 Å². The molecule has 12 heavy (non-hydrogen) atoms. The van der Waals surface area contributed by atoms with E-state index in [1.165, 1.54) is 0 Å². The number of aromatic nitrogens is 1. The fraction of sp³-hybridized carbons (Fsp3) is 0.375. The molecule has 0 fully saturated rings. The maximum Gasteiger partial charge on any atom is 0.209 e. The highest BCUT2D eigenvalue weighted by molar-refractivity contribution is 5.46. The second-order valence-corrected chi connectivity index (χ2v) is 2.80. The van der Waals surface area contributed by atoms with Crippen LogP contribution < -0.4 is 16.9 Å². The number of nitrogens with one attached hydrogen (secondary N) is 1. The minimum Gasteiger partial charge on any atom is -0.394 e. The zero-order chi connectivity index (χ0) is 9.30. The number of rotatable bonds is 1. The Hall–Kier alpha value is -1.29. The maximum absolute atomic E-state index is 11.4. The summed E-state index contributed by atoms with van der Waals surface area (Å²) in [7, 11) is 0. The lowest BCUT2D eigenvalue weighted by molar-refractivity contribution is 0.976. The lowest BCUT2D eigenvalue weighted by Gasteiger charge is -2.06. The van der Waals surface area contributed by atoms with Crippen LogP contribution in [-0.2, 0) is 6.54 Å². The van der Waals surface area contributed by atoms with Gasteiger partial charge in [-0.05, 0) is 13.8 Å². The van der Waals surface area contributed by atoms with Crippen LogP contribution in [-0.4, -0.2) is 4.98 Å². The molecular weight excluding hydrogens is 154 g/mol. The summed E-state index contributed by atoms with van der Waals surface area (Å²) in [4.78, 5) is 14.4. The first-order valence-corrected chi connectivity index (χ1v) is 3.75. The van der Waals surface area contributed by atoms with Crippen LogP contribution in [0.5, 0.6) is 0 Å². The lowest BCUT2D eigenvalue weighted by Crippen LogP contribution is -2.20. The third-order valence-electron chi connectivity index (χ3n) is 1.95. The van der Waals surface area contributed by atoms with Gasteiger partial charge in [-0.3, -0.25) is 4.79 Å². The van der Waals surface area contributed by atoms with Gasteiger partial charge in [0.1, 0.15) is 0 Å². The van der Waals surface area contributed by atoms with Gasteiger partial charge in [0, 0.05) is 23.5 Å². The van der Waals surface area contributed by atoms with Crippen molar-refractivity contribution >= 4 is 5.69 Å². The summed E-state index contributed by atoms with van der Waals surface area (Å²) in [6.07, 6.45) is 0. The quantitative estimate of drug-likeness (QED) is 0.551. The van der Waals surface area contributed by atoms with Crippen LogP contribution in [0.1, 0.15) is 17.0 Å². The first-order chi connectivity index (χ1) is 5.57. The Morgan fingerprint density at radius 1 is 1.33 bits per heavy atom. The summed E-state index contributed by atoms with van der Waals surface area (Å²) < 4.78 is 0. The molecule has 0 aliphatic rings. The van der Waals surface area contributed by atoms with Crippen LogP contribution in [0.2, 0.25) is 0 Å². The van der Waals surface area contributed by atoms with Gasteiger partial charge >= 0.3 is 0 Å². The molecule has 0 aliphatic carbocycles. The Bertz CT molecular complexity index is 354. The van der Waals surface area contributed by atoms with Crippen molar-refractivity contribution in [3.8, 4) is 0 Å². The number of hydrogen-bond donors (Lipinski definition) is 3. The molecule has 66 valence electrons. The highest BCUT2D eigenvalue weighted by Gasteiger charge is 2.07. The van der Waals surface area contributed by atoms with Crippen molar-refractivity contribution in [3.05, 3.63) is 27.2 Å². The molecule has 0 aromatic carbocycles. The summed E-state index contributed by atoms with van der Waals surface area (Å²) in [5, 5.41) is 0. The number of nitrogen functional groups attached to an aromatic ring is 1. The second-order valence-electron chi connectivity index (χ2n) is 2.80. The van der Waals surface area contributed by atoms with Crippen molar-refractivity contribution in [2.45, 2.75) is 20.4 Å². The Morgan fingerprint density at radius 3 is 2.42 bits per heavy atom. The Kier molecular flexibility index (Phi) is 2.19. The highest BCUT2D eigenvalue weighted by Crippen LogP contribution is 2.06. The van der Waals surface area contributed by atoms with Crippen LogP contribution in [0.3, 0.4) is 0 Å². The van der Waals surface area contributed by atoms with Crippen molar-refractivity contribution in [3.63, 3.8) is 0 Å². The van der Waals surface area contributed by atoms with Crippen molar-refractivity contribution < 1.29 is 0 Å². The first kappa shape index (κ1) is 8.80. The molecule has 0 amide bonds. The average Bonchev–Trinajstić information content (AvgIpc) is 2.01. The molecule has 0 bridgehead atoms. The number of H-pyrrole nitrogens is 1. The van der Waals surface area contributed by atoms with E-state index in [0.717, 1.165) is 5.69 Å². The molecule has 0 atom stereocenters. The number of aryl methyl sites for hydroxylation is 2. The lowest BCUT2D eigenvalue weighted by atomic mass is 10.1. The minimum absolute atomic E-state index is 0.147. The van der Waals surface area contributed by atoms with Gasteiger partial charge in [0.15, 0.2) is 0 Å². The van der Waals surface area contributed by atoms with Crippen LogP contribution in [0.15, 0.2) is 4.79 Å². The fourth-order valence-corrected chi connectivity index (χ4v) is 1.17.